The van der Waals surface area contributed by atoms with Gasteiger partial charge in [-0.05, 0) is 31.0 Å². The first-order valence-electron chi connectivity index (χ1n) is 6.90. The molecule has 3 N–H and O–H groups in total. The Morgan fingerprint density at radius 2 is 1.95 bits per heavy atom. The summed E-state index contributed by atoms with van der Waals surface area (Å²) < 4.78 is 5.12. The van der Waals surface area contributed by atoms with E-state index in [4.69, 9.17) is 9.84 Å². The van der Waals surface area contributed by atoms with Crippen molar-refractivity contribution in [2.75, 3.05) is 13.2 Å². The fourth-order valence-electron chi connectivity index (χ4n) is 1.81. The minimum Gasteiger partial charge on any atom is -0.508 e. The minimum absolute atomic E-state index is 0.116. The number of carboxylic acid groups (broad SMARTS) is 1. The van der Waals surface area contributed by atoms with Crippen LogP contribution in [-0.2, 0) is 20.7 Å². The lowest BCUT2D eigenvalue weighted by atomic mass is 10.1. The van der Waals surface area contributed by atoms with E-state index in [1.54, 1.807) is 12.1 Å². The summed E-state index contributed by atoms with van der Waals surface area (Å²) in [6.07, 6.45) is 0.970. The average molecular weight is 295 g/mol. The minimum atomic E-state index is -1.08. The zero-order valence-electron chi connectivity index (χ0n) is 12.0. The van der Waals surface area contributed by atoms with Crippen LogP contribution in [0.3, 0.4) is 0 Å². The molecule has 1 amide bonds. The Kier molecular flexibility index (Phi) is 7.25. The van der Waals surface area contributed by atoms with Gasteiger partial charge in [0.15, 0.2) is 0 Å². The molecule has 0 fully saturated rings. The van der Waals surface area contributed by atoms with Gasteiger partial charge in [-0.1, -0.05) is 12.1 Å². The normalized spacial score (nSPS) is 11.9. The van der Waals surface area contributed by atoms with Gasteiger partial charge in [0, 0.05) is 26.1 Å². The maximum atomic E-state index is 11.7. The van der Waals surface area contributed by atoms with E-state index in [2.05, 4.69) is 5.32 Å². The molecule has 0 radical (unpaired) electrons. The van der Waals surface area contributed by atoms with Gasteiger partial charge in [-0.2, -0.15) is 0 Å². The zero-order chi connectivity index (χ0) is 15.7. The van der Waals surface area contributed by atoms with Crippen molar-refractivity contribution in [1.29, 1.82) is 0 Å². The molecule has 0 bridgehead atoms. The molecule has 0 aromatic heterocycles. The van der Waals surface area contributed by atoms with Crippen LogP contribution in [0.1, 0.15) is 25.3 Å². The third-order valence-electron chi connectivity index (χ3n) is 2.91. The van der Waals surface area contributed by atoms with E-state index in [0.717, 1.165) is 5.56 Å². The predicted octanol–water partition coefficient (Wildman–Crippen LogP) is 1.32. The summed E-state index contributed by atoms with van der Waals surface area (Å²) in [6, 6.07) is 5.25. The molecule has 1 rings (SSSR count). The molecule has 21 heavy (non-hydrogen) atoms. The van der Waals surface area contributed by atoms with Crippen LogP contribution in [0.2, 0.25) is 0 Å². The molecule has 0 unspecified atom stereocenters. The number of carboxylic acids is 1. The molecule has 6 heteroatoms. The Morgan fingerprint density at radius 3 is 2.52 bits per heavy atom. The van der Waals surface area contributed by atoms with Crippen LogP contribution >= 0.6 is 0 Å². The lowest BCUT2D eigenvalue weighted by Crippen LogP contribution is -2.42. The molecule has 0 aliphatic rings. The van der Waals surface area contributed by atoms with Crippen LogP contribution in [0.15, 0.2) is 24.3 Å². The van der Waals surface area contributed by atoms with Gasteiger partial charge in [-0.3, -0.25) is 4.79 Å². The van der Waals surface area contributed by atoms with Crippen molar-refractivity contribution in [2.45, 2.75) is 32.2 Å². The predicted molar refractivity (Wildman–Crippen MR) is 77.1 cm³/mol. The summed E-state index contributed by atoms with van der Waals surface area (Å²) in [5.41, 5.74) is 0.731. The Balaban J connectivity index is 2.48. The number of hydrogen-bond acceptors (Lipinski definition) is 4. The third-order valence-corrected chi connectivity index (χ3v) is 2.91. The second kappa shape index (κ2) is 8.97. The number of ether oxygens (including phenoxy) is 1. The van der Waals surface area contributed by atoms with Crippen LogP contribution in [0.25, 0.3) is 0 Å². The highest BCUT2D eigenvalue weighted by molar-refractivity contribution is 5.83. The third kappa shape index (κ3) is 6.76. The van der Waals surface area contributed by atoms with Crippen LogP contribution in [-0.4, -0.2) is 41.3 Å². The van der Waals surface area contributed by atoms with Gasteiger partial charge in [0.25, 0.3) is 0 Å². The van der Waals surface area contributed by atoms with Gasteiger partial charge < -0.3 is 20.3 Å². The van der Waals surface area contributed by atoms with Crippen molar-refractivity contribution in [3.63, 3.8) is 0 Å². The summed E-state index contributed by atoms with van der Waals surface area (Å²) >= 11 is 0. The van der Waals surface area contributed by atoms with E-state index >= 15 is 0 Å². The monoisotopic (exact) mass is 295 g/mol. The molecular formula is C15H21NO5. The van der Waals surface area contributed by atoms with E-state index in [1.807, 2.05) is 6.92 Å². The van der Waals surface area contributed by atoms with Gasteiger partial charge in [0.1, 0.15) is 11.8 Å². The van der Waals surface area contributed by atoms with Crippen LogP contribution in [0.5, 0.6) is 5.75 Å². The number of hydrogen-bond donors (Lipinski definition) is 3. The van der Waals surface area contributed by atoms with Crippen molar-refractivity contribution in [3.8, 4) is 5.75 Å². The topological polar surface area (TPSA) is 95.9 Å². The first-order valence-corrected chi connectivity index (χ1v) is 6.90. The molecular weight excluding hydrogens is 274 g/mol. The largest absolute Gasteiger partial charge is 0.508 e. The Morgan fingerprint density at radius 1 is 1.29 bits per heavy atom. The van der Waals surface area contributed by atoms with Crippen molar-refractivity contribution < 1.29 is 24.5 Å². The molecule has 0 aliphatic heterocycles. The maximum Gasteiger partial charge on any atom is 0.326 e. The van der Waals surface area contributed by atoms with Crippen LogP contribution in [0.4, 0.5) is 0 Å². The van der Waals surface area contributed by atoms with Gasteiger partial charge in [0.05, 0.1) is 0 Å². The van der Waals surface area contributed by atoms with Crippen molar-refractivity contribution >= 4 is 11.9 Å². The standard InChI is InChI=1S/C15H21NO5/c1-2-21-9-3-4-14(18)16-13(15(19)20)10-11-5-7-12(17)8-6-11/h5-8,13,17H,2-4,9-10H2,1H3,(H,16,18)(H,19,20)/t13-/m1/s1. The van der Waals surface area contributed by atoms with Crippen LogP contribution in [0, 0.1) is 0 Å². The Hall–Kier alpha value is -2.08. The first-order chi connectivity index (χ1) is 10.0. The number of phenols is 1. The second-order valence-electron chi connectivity index (χ2n) is 4.63. The lowest BCUT2D eigenvalue weighted by Gasteiger charge is -2.14. The Bertz CT molecular complexity index is 458. The highest BCUT2D eigenvalue weighted by atomic mass is 16.5. The van der Waals surface area contributed by atoms with Crippen molar-refractivity contribution in [2.24, 2.45) is 0 Å². The summed E-state index contributed by atoms with van der Waals surface area (Å²) in [5.74, 6) is -1.27. The number of phenolic OH excluding ortho intramolecular Hbond substituents is 1. The molecule has 1 aromatic rings. The quantitative estimate of drug-likeness (QED) is 0.597. The average Bonchev–Trinajstić information content (AvgIpc) is 2.45. The number of aromatic hydroxyl groups is 1. The molecule has 0 saturated carbocycles. The lowest BCUT2D eigenvalue weighted by molar-refractivity contribution is -0.141. The van der Waals surface area contributed by atoms with Crippen molar-refractivity contribution in [3.05, 3.63) is 29.8 Å². The fraction of sp³-hybridized carbons (Fsp3) is 0.467. The summed E-state index contributed by atoms with van der Waals surface area (Å²) in [5, 5.41) is 20.8. The summed E-state index contributed by atoms with van der Waals surface area (Å²) in [7, 11) is 0. The number of aliphatic carboxylic acids is 1. The summed E-state index contributed by atoms with van der Waals surface area (Å²) in [6.45, 7) is 2.96. The highest BCUT2D eigenvalue weighted by Crippen LogP contribution is 2.11. The first kappa shape index (κ1) is 17.0. The number of carbonyl (C=O) groups is 2. The van der Waals surface area contributed by atoms with Gasteiger partial charge >= 0.3 is 5.97 Å². The van der Waals surface area contributed by atoms with E-state index in [0.29, 0.717) is 19.6 Å². The molecule has 6 nitrogen and oxygen atoms in total. The second-order valence-corrected chi connectivity index (χ2v) is 4.63. The molecule has 0 heterocycles. The maximum absolute atomic E-state index is 11.7. The zero-order valence-corrected chi connectivity index (χ0v) is 12.0. The fourth-order valence-corrected chi connectivity index (χ4v) is 1.81. The highest BCUT2D eigenvalue weighted by Gasteiger charge is 2.20. The molecule has 1 aromatic carbocycles. The smallest absolute Gasteiger partial charge is 0.326 e. The van der Waals surface area contributed by atoms with E-state index < -0.39 is 12.0 Å². The molecule has 1 atom stereocenters. The molecule has 116 valence electrons. The molecule has 0 spiro atoms. The number of benzene rings is 1. The van der Waals surface area contributed by atoms with E-state index in [-0.39, 0.29) is 24.5 Å². The van der Waals surface area contributed by atoms with E-state index in [9.17, 15) is 14.7 Å². The number of carbonyl (C=O) groups excluding carboxylic acids is 1. The van der Waals surface area contributed by atoms with E-state index in [1.165, 1.54) is 12.1 Å². The molecule has 0 aliphatic carbocycles. The molecule has 0 saturated heterocycles. The van der Waals surface area contributed by atoms with Crippen LogP contribution < -0.4 is 5.32 Å². The number of amides is 1. The SMILES string of the molecule is CCOCCCC(=O)N[C@H](Cc1ccc(O)cc1)C(=O)O. The Labute approximate surface area is 123 Å². The van der Waals surface area contributed by atoms with Gasteiger partial charge in [-0.15, -0.1) is 0 Å². The number of rotatable bonds is 9. The number of nitrogens with one attached hydrogen (secondary N) is 1. The summed E-state index contributed by atoms with van der Waals surface area (Å²) in [4.78, 5) is 22.9. The van der Waals surface area contributed by atoms with Gasteiger partial charge in [0.2, 0.25) is 5.91 Å². The van der Waals surface area contributed by atoms with Gasteiger partial charge in [-0.25, -0.2) is 4.79 Å². The van der Waals surface area contributed by atoms with Crippen molar-refractivity contribution in [1.82, 2.24) is 5.32 Å².